The Bertz CT molecular complexity index is 619. The van der Waals surface area contributed by atoms with Crippen molar-refractivity contribution in [2.45, 2.75) is 19.2 Å². The molecule has 0 unspecified atom stereocenters. The molecule has 0 spiro atoms. The van der Waals surface area contributed by atoms with Gasteiger partial charge in [0.15, 0.2) is 0 Å². The lowest BCUT2D eigenvalue weighted by molar-refractivity contribution is -0.118. The summed E-state index contributed by atoms with van der Waals surface area (Å²) >= 11 is 8.99. The minimum Gasteiger partial charge on any atom is -0.478 e. The van der Waals surface area contributed by atoms with E-state index in [1.807, 2.05) is 31.2 Å². The Morgan fingerprint density at radius 2 is 2.32 bits per heavy atom. The number of amides is 1. The molecule has 2 heterocycles. The summed E-state index contributed by atoms with van der Waals surface area (Å²) in [7, 11) is 0. The van der Waals surface area contributed by atoms with Crippen LogP contribution in [-0.4, -0.2) is 23.3 Å². The normalized spacial score (nSPS) is 10.5. The van der Waals surface area contributed by atoms with E-state index in [2.05, 4.69) is 10.3 Å². The summed E-state index contributed by atoms with van der Waals surface area (Å²) in [6, 6.07) is 7.60. The van der Waals surface area contributed by atoms with Crippen LogP contribution in [0.5, 0.6) is 5.88 Å². The Morgan fingerprint density at radius 3 is 3.05 bits per heavy atom. The molecule has 0 saturated carbocycles. The number of ether oxygens (including phenoxy) is 1. The molecule has 1 N–H and O–H groups in total. The van der Waals surface area contributed by atoms with Crippen molar-refractivity contribution < 1.29 is 9.53 Å². The number of nitrogens with one attached hydrogen (secondary N) is 1. The van der Waals surface area contributed by atoms with Gasteiger partial charge in [-0.25, -0.2) is 4.98 Å². The number of hydrogen-bond acceptors (Lipinski definition) is 5. The average molecular weight is 357 g/mol. The first-order chi connectivity index (χ1) is 10.7. The fourth-order valence-electron chi connectivity index (χ4n) is 1.74. The minimum absolute atomic E-state index is 0.000968. The minimum atomic E-state index is -0.000968. The maximum atomic E-state index is 11.9. The van der Waals surface area contributed by atoms with Crippen LogP contribution in [-0.2, 0) is 17.1 Å². The van der Waals surface area contributed by atoms with Crippen molar-refractivity contribution in [3.05, 3.63) is 45.2 Å². The monoisotopic (exact) mass is 356 g/mol. The number of hydrogen-bond donors (Lipinski definition) is 1. The molecule has 22 heavy (non-hydrogen) atoms. The highest BCUT2D eigenvalue weighted by Crippen LogP contribution is 2.25. The standard InChI is InChI=1S/C15H17ClN2O2S2/c1-2-20-15-11(4-3-7-17-15)8-18-14(19)10-21-9-12-5-6-13(16)22-12/h3-7H,2,8-10H2,1H3,(H,18,19). The van der Waals surface area contributed by atoms with Gasteiger partial charge < -0.3 is 10.1 Å². The van der Waals surface area contributed by atoms with Gasteiger partial charge in [-0.05, 0) is 25.1 Å². The molecular weight excluding hydrogens is 340 g/mol. The Labute approximate surface area is 143 Å². The van der Waals surface area contributed by atoms with Crippen molar-refractivity contribution in [1.29, 1.82) is 0 Å². The van der Waals surface area contributed by atoms with Crippen molar-refractivity contribution in [1.82, 2.24) is 10.3 Å². The third-order valence-corrected chi connectivity index (χ3v) is 5.11. The Morgan fingerprint density at radius 1 is 1.45 bits per heavy atom. The smallest absolute Gasteiger partial charge is 0.230 e. The number of carbonyl (C=O) groups is 1. The number of rotatable bonds is 8. The molecule has 1 amide bonds. The molecule has 0 radical (unpaired) electrons. The summed E-state index contributed by atoms with van der Waals surface area (Å²) in [4.78, 5) is 17.2. The molecular formula is C15H17ClN2O2S2. The highest BCUT2D eigenvalue weighted by molar-refractivity contribution is 7.99. The van der Waals surface area contributed by atoms with Crippen LogP contribution in [0.15, 0.2) is 30.5 Å². The number of carbonyl (C=O) groups excluding carboxylic acids is 1. The number of pyridine rings is 1. The van der Waals surface area contributed by atoms with E-state index in [-0.39, 0.29) is 5.91 Å². The van der Waals surface area contributed by atoms with Crippen molar-refractivity contribution in [3.63, 3.8) is 0 Å². The van der Waals surface area contributed by atoms with Crippen molar-refractivity contribution in [3.8, 4) is 5.88 Å². The number of halogens is 1. The second-order valence-corrected chi connectivity index (χ2v) is 7.16. The Kier molecular flexibility index (Phi) is 7.02. The van der Waals surface area contributed by atoms with Crippen molar-refractivity contribution in [2.75, 3.05) is 12.4 Å². The van der Waals surface area contributed by atoms with E-state index < -0.39 is 0 Å². The Hall–Kier alpha value is -1.24. The summed E-state index contributed by atoms with van der Waals surface area (Å²) in [5, 5.41) is 2.89. The molecule has 2 rings (SSSR count). The van der Waals surface area contributed by atoms with Gasteiger partial charge in [-0.2, -0.15) is 0 Å². The maximum absolute atomic E-state index is 11.9. The topological polar surface area (TPSA) is 51.2 Å². The van der Waals surface area contributed by atoms with Gasteiger partial charge in [0.2, 0.25) is 11.8 Å². The molecule has 4 nitrogen and oxygen atoms in total. The second-order valence-electron chi connectivity index (χ2n) is 4.38. The van der Waals surface area contributed by atoms with Crippen LogP contribution in [0.25, 0.3) is 0 Å². The molecule has 0 aliphatic rings. The predicted octanol–water partition coefficient (Wildman–Crippen LogP) is 3.74. The van der Waals surface area contributed by atoms with Crippen LogP contribution >= 0.6 is 34.7 Å². The molecule has 0 aliphatic carbocycles. The lowest BCUT2D eigenvalue weighted by atomic mass is 10.2. The summed E-state index contributed by atoms with van der Waals surface area (Å²) < 4.78 is 6.21. The van der Waals surface area contributed by atoms with Crippen molar-refractivity contribution >= 4 is 40.6 Å². The van der Waals surface area contributed by atoms with E-state index in [0.29, 0.717) is 24.8 Å². The lowest BCUT2D eigenvalue weighted by Crippen LogP contribution is -2.25. The summed E-state index contributed by atoms with van der Waals surface area (Å²) in [5.41, 5.74) is 0.882. The molecule has 0 aliphatic heterocycles. The van der Waals surface area contributed by atoms with E-state index in [1.54, 1.807) is 29.3 Å². The van der Waals surface area contributed by atoms with Gasteiger partial charge in [0, 0.05) is 28.9 Å². The second kappa shape index (κ2) is 9.02. The van der Waals surface area contributed by atoms with Crippen LogP contribution in [0.2, 0.25) is 4.34 Å². The van der Waals surface area contributed by atoms with Gasteiger partial charge >= 0.3 is 0 Å². The number of thioether (sulfide) groups is 1. The van der Waals surface area contributed by atoms with Crippen LogP contribution in [0.4, 0.5) is 0 Å². The van der Waals surface area contributed by atoms with E-state index in [4.69, 9.17) is 16.3 Å². The summed E-state index contributed by atoms with van der Waals surface area (Å²) in [6.07, 6.45) is 1.68. The zero-order valence-corrected chi connectivity index (χ0v) is 14.6. The van der Waals surface area contributed by atoms with Crippen LogP contribution < -0.4 is 10.1 Å². The molecule has 0 aromatic carbocycles. The highest BCUT2D eigenvalue weighted by Gasteiger charge is 2.07. The number of thiophene rings is 1. The molecule has 2 aromatic heterocycles. The van der Waals surface area contributed by atoms with Gasteiger partial charge in [-0.1, -0.05) is 17.7 Å². The van der Waals surface area contributed by atoms with E-state index in [0.717, 1.165) is 15.7 Å². The fraction of sp³-hybridized carbons (Fsp3) is 0.333. The summed E-state index contributed by atoms with van der Waals surface area (Å²) in [5.74, 6) is 1.78. The van der Waals surface area contributed by atoms with E-state index >= 15 is 0 Å². The van der Waals surface area contributed by atoms with Gasteiger partial charge in [0.05, 0.1) is 16.7 Å². The molecule has 118 valence electrons. The molecule has 0 fully saturated rings. The predicted molar refractivity (Wildman–Crippen MR) is 92.7 cm³/mol. The first-order valence-corrected chi connectivity index (χ1v) is 9.19. The first-order valence-electron chi connectivity index (χ1n) is 6.84. The van der Waals surface area contributed by atoms with Gasteiger partial charge in [0.1, 0.15) is 0 Å². The molecule has 7 heteroatoms. The van der Waals surface area contributed by atoms with Gasteiger partial charge in [-0.15, -0.1) is 23.1 Å². The fourth-order valence-corrected chi connectivity index (χ4v) is 3.80. The number of nitrogens with zero attached hydrogens (tertiary/aromatic N) is 1. The summed E-state index contributed by atoms with van der Waals surface area (Å²) in [6.45, 7) is 2.88. The molecule has 0 bridgehead atoms. The lowest BCUT2D eigenvalue weighted by Gasteiger charge is -2.09. The first kappa shape index (κ1) is 17.1. The zero-order valence-electron chi connectivity index (χ0n) is 12.2. The van der Waals surface area contributed by atoms with E-state index in [9.17, 15) is 4.79 Å². The van der Waals surface area contributed by atoms with Crippen LogP contribution in [0, 0.1) is 0 Å². The highest BCUT2D eigenvalue weighted by atomic mass is 35.5. The van der Waals surface area contributed by atoms with Gasteiger partial charge in [0.25, 0.3) is 0 Å². The third-order valence-electron chi connectivity index (χ3n) is 2.71. The maximum Gasteiger partial charge on any atom is 0.230 e. The van der Waals surface area contributed by atoms with Gasteiger partial charge in [-0.3, -0.25) is 4.79 Å². The zero-order chi connectivity index (χ0) is 15.8. The van der Waals surface area contributed by atoms with E-state index in [1.165, 1.54) is 4.88 Å². The van der Waals surface area contributed by atoms with Crippen molar-refractivity contribution in [2.24, 2.45) is 0 Å². The largest absolute Gasteiger partial charge is 0.478 e. The number of aromatic nitrogens is 1. The average Bonchev–Trinajstić information content (AvgIpc) is 2.92. The Balaban J connectivity index is 1.73. The molecule has 2 aromatic rings. The SMILES string of the molecule is CCOc1ncccc1CNC(=O)CSCc1ccc(Cl)s1. The molecule has 0 saturated heterocycles. The third kappa shape index (κ3) is 5.51. The molecule has 0 atom stereocenters. The quantitative estimate of drug-likeness (QED) is 0.782. The van der Waals surface area contributed by atoms with Crippen LogP contribution in [0.3, 0.4) is 0 Å². The van der Waals surface area contributed by atoms with Crippen LogP contribution in [0.1, 0.15) is 17.4 Å².